The Labute approximate surface area is 207 Å². The Kier molecular flexibility index (Phi) is 8.25. The minimum atomic E-state index is -0.0436. The lowest BCUT2D eigenvalue weighted by molar-refractivity contribution is -0.115. The number of carbonyl (C=O) groups excluding carboxylic acids is 1. The lowest BCUT2D eigenvalue weighted by Crippen LogP contribution is -2.43. The molecule has 1 aromatic heterocycles. The second-order valence-corrected chi connectivity index (χ2v) is 9.61. The molecule has 6 nitrogen and oxygen atoms in total. The first-order valence-corrected chi connectivity index (χ1v) is 12.5. The summed E-state index contributed by atoms with van der Waals surface area (Å²) in [5, 5.41) is 11.2. The third-order valence-electron chi connectivity index (χ3n) is 6.47. The Morgan fingerprint density at radius 1 is 1.18 bits per heavy atom. The number of piperidine rings is 1. The van der Waals surface area contributed by atoms with E-state index in [0.29, 0.717) is 17.5 Å². The summed E-state index contributed by atoms with van der Waals surface area (Å²) in [6.45, 7) is 5.14. The zero-order valence-corrected chi connectivity index (χ0v) is 20.8. The number of amides is 1. The normalized spacial score (nSPS) is 14.5. The summed E-state index contributed by atoms with van der Waals surface area (Å²) in [6, 6.07) is 18.3. The number of halogens is 1. The summed E-state index contributed by atoms with van der Waals surface area (Å²) in [7, 11) is 2.21. The monoisotopic (exact) mass is 479 g/mol. The first kappa shape index (κ1) is 24.3. The summed E-state index contributed by atoms with van der Waals surface area (Å²) < 4.78 is 0. The molecule has 2 aromatic carbocycles. The zero-order valence-electron chi connectivity index (χ0n) is 20.1. The van der Waals surface area contributed by atoms with Gasteiger partial charge in [-0.1, -0.05) is 37.1 Å². The summed E-state index contributed by atoms with van der Waals surface area (Å²) in [4.78, 5) is 17.2. The van der Waals surface area contributed by atoms with Crippen LogP contribution in [0.4, 0.5) is 11.4 Å². The van der Waals surface area contributed by atoms with Crippen molar-refractivity contribution in [1.29, 1.82) is 0 Å². The van der Waals surface area contributed by atoms with Gasteiger partial charge < -0.3 is 10.2 Å². The van der Waals surface area contributed by atoms with Gasteiger partial charge in [-0.25, -0.2) is 0 Å². The summed E-state index contributed by atoms with van der Waals surface area (Å²) >= 11 is 6.01. The second-order valence-electron chi connectivity index (χ2n) is 9.17. The van der Waals surface area contributed by atoms with Crippen LogP contribution in [0.25, 0.3) is 0 Å². The predicted octanol–water partition coefficient (Wildman–Crippen LogP) is 5.30. The highest BCUT2D eigenvalue weighted by Gasteiger charge is 2.23. The van der Waals surface area contributed by atoms with E-state index in [2.05, 4.69) is 57.5 Å². The number of benzene rings is 2. The molecule has 1 saturated heterocycles. The predicted molar refractivity (Wildman–Crippen MR) is 140 cm³/mol. The number of nitrogens with zero attached hydrogens (tertiary/aromatic N) is 3. The van der Waals surface area contributed by atoms with Gasteiger partial charge in [-0.2, -0.15) is 5.10 Å². The van der Waals surface area contributed by atoms with E-state index in [4.69, 9.17) is 11.6 Å². The summed E-state index contributed by atoms with van der Waals surface area (Å²) in [5.41, 5.74) is 5.27. The molecule has 0 unspecified atom stereocenters. The van der Waals surface area contributed by atoms with Crippen LogP contribution in [0.1, 0.15) is 43.1 Å². The lowest BCUT2D eigenvalue weighted by Gasteiger charge is -2.37. The largest absolute Gasteiger partial charge is 0.371 e. The van der Waals surface area contributed by atoms with Crippen molar-refractivity contribution in [2.75, 3.05) is 30.4 Å². The van der Waals surface area contributed by atoms with Crippen LogP contribution in [-0.2, 0) is 24.2 Å². The number of hydrogen-bond acceptors (Lipinski definition) is 4. The lowest BCUT2D eigenvalue weighted by atomic mass is 10.0. The highest BCUT2D eigenvalue weighted by molar-refractivity contribution is 6.30. The Morgan fingerprint density at radius 2 is 1.94 bits per heavy atom. The van der Waals surface area contributed by atoms with Crippen molar-refractivity contribution in [3.8, 4) is 0 Å². The molecule has 2 N–H and O–H groups in total. The Morgan fingerprint density at radius 3 is 2.65 bits per heavy atom. The van der Waals surface area contributed by atoms with Gasteiger partial charge >= 0.3 is 0 Å². The molecule has 4 rings (SSSR count). The molecule has 1 aliphatic heterocycles. The molecule has 0 saturated carbocycles. The number of nitrogens with one attached hydrogen (secondary N) is 2. The maximum Gasteiger partial charge on any atom is 0.228 e. The van der Waals surface area contributed by atoms with Crippen LogP contribution in [-0.4, -0.2) is 47.2 Å². The van der Waals surface area contributed by atoms with Gasteiger partial charge in [0.2, 0.25) is 5.91 Å². The van der Waals surface area contributed by atoms with Crippen LogP contribution in [0.3, 0.4) is 0 Å². The fourth-order valence-corrected chi connectivity index (χ4v) is 4.84. The van der Waals surface area contributed by atoms with Gasteiger partial charge in [0.25, 0.3) is 0 Å². The molecule has 0 bridgehead atoms. The van der Waals surface area contributed by atoms with Crippen molar-refractivity contribution < 1.29 is 4.79 Å². The quantitative estimate of drug-likeness (QED) is 0.437. The van der Waals surface area contributed by atoms with E-state index >= 15 is 0 Å². The number of aromatic nitrogens is 2. The van der Waals surface area contributed by atoms with Crippen LogP contribution in [0.15, 0.2) is 54.6 Å². The molecule has 0 aliphatic carbocycles. The molecule has 0 atom stereocenters. The topological polar surface area (TPSA) is 64.3 Å². The van der Waals surface area contributed by atoms with E-state index in [0.717, 1.165) is 62.3 Å². The van der Waals surface area contributed by atoms with Gasteiger partial charge in [-0.05, 0) is 74.3 Å². The Hall–Kier alpha value is -2.83. The highest BCUT2D eigenvalue weighted by atomic mass is 35.5. The van der Waals surface area contributed by atoms with Crippen molar-refractivity contribution in [3.05, 3.63) is 76.6 Å². The fourth-order valence-electron chi connectivity index (χ4n) is 4.63. The average molecular weight is 480 g/mol. The van der Waals surface area contributed by atoms with E-state index in [1.165, 1.54) is 11.4 Å². The first-order chi connectivity index (χ1) is 16.5. The number of hydrogen-bond donors (Lipinski definition) is 2. The van der Waals surface area contributed by atoms with Crippen molar-refractivity contribution in [2.24, 2.45) is 0 Å². The van der Waals surface area contributed by atoms with Crippen LogP contribution in [0.2, 0.25) is 5.02 Å². The number of aromatic amines is 1. The van der Waals surface area contributed by atoms with Crippen LogP contribution in [0, 0.1) is 0 Å². The van der Waals surface area contributed by atoms with E-state index in [9.17, 15) is 4.79 Å². The van der Waals surface area contributed by atoms with Gasteiger partial charge in [-0.15, -0.1) is 0 Å². The molecule has 7 heteroatoms. The molecule has 2 heterocycles. The van der Waals surface area contributed by atoms with Crippen LogP contribution < -0.4 is 10.2 Å². The Balaban J connectivity index is 1.24. The summed E-state index contributed by atoms with van der Waals surface area (Å²) in [5.74, 6) is -0.0436. The first-order valence-electron chi connectivity index (χ1n) is 12.1. The highest BCUT2D eigenvalue weighted by Crippen LogP contribution is 2.24. The van der Waals surface area contributed by atoms with E-state index in [1.807, 2.05) is 36.4 Å². The molecule has 0 radical (unpaired) electrons. The molecular weight excluding hydrogens is 446 g/mol. The number of carbonyl (C=O) groups is 1. The molecule has 0 spiro atoms. The SMILES string of the molecule is CCCc1cc(CN(C)C2CCN(c3ccc(NC(=O)Cc4cccc(Cl)c4)cc3)CC2)[nH]n1. The molecule has 34 heavy (non-hydrogen) atoms. The van der Waals surface area contributed by atoms with Crippen LogP contribution in [0.5, 0.6) is 0 Å². The average Bonchev–Trinajstić information content (AvgIpc) is 3.26. The third-order valence-corrected chi connectivity index (χ3v) is 6.70. The van der Waals surface area contributed by atoms with E-state index in [1.54, 1.807) is 0 Å². The molecule has 1 aliphatic rings. The molecule has 3 aromatic rings. The zero-order chi connectivity index (χ0) is 23.9. The van der Waals surface area contributed by atoms with Gasteiger partial charge in [0, 0.05) is 47.8 Å². The van der Waals surface area contributed by atoms with Crippen LogP contribution >= 0.6 is 11.6 Å². The Bertz CT molecular complexity index is 1070. The number of H-pyrrole nitrogens is 1. The smallest absolute Gasteiger partial charge is 0.228 e. The van der Waals surface area contributed by atoms with Crippen molar-refractivity contribution in [3.63, 3.8) is 0 Å². The molecule has 1 amide bonds. The standard InChI is InChI=1S/C27H34ClN5O/c1-3-5-23-18-24(31-30-23)19-32(2)25-12-14-33(15-13-25)26-10-8-22(9-11-26)29-27(34)17-20-6-4-7-21(28)16-20/h4,6-11,16,18,25H,3,5,12-15,17,19H2,1-2H3,(H,29,34)(H,30,31). The molecule has 180 valence electrons. The van der Waals surface area contributed by atoms with Gasteiger partial charge in [-0.3, -0.25) is 14.8 Å². The van der Waals surface area contributed by atoms with Crippen molar-refractivity contribution >= 4 is 28.9 Å². The van der Waals surface area contributed by atoms with Gasteiger partial charge in [0.05, 0.1) is 12.1 Å². The number of aryl methyl sites for hydroxylation is 1. The van der Waals surface area contributed by atoms with Gasteiger partial charge in [0.15, 0.2) is 0 Å². The number of rotatable bonds is 9. The van der Waals surface area contributed by atoms with E-state index < -0.39 is 0 Å². The summed E-state index contributed by atoms with van der Waals surface area (Å²) in [6.07, 6.45) is 4.72. The maximum absolute atomic E-state index is 12.4. The fraction of sp³-hybridized carbons (Fsp3) is 0.407. The van der Waals surface area contributed by atoms with Gasteiger partial charge in [0.1, 0.15) is 0 Å². The second kappa shape index (κ2) is 11.5. The molecule has 1 fully saturated rings. The molecular formula is C27H34ClN5O. The van der Waals surface area contributed by atoms with E-state index in [-0.39, 0.29) is 5.91 Å². The number of anilines is 2. The third kappa shape index (κ3) is 6.61. The maximum atomic E-state index is 12.4. The van der Waals surface area contributed by atoms with Crippen molar-refractivity contribution in [2.45, 2.75) is 51.6 Å². The minimum Gasteiger partial charge on any atom is -0.371 e. The minimum absolute atomic E-state index is 0.0436. The van der Waals surface area contributed by atoms with Crippen molar-refractivity contribution in [1.82, 2.24) is 15.1 Å².